The zero-order valence-electron chi connectivity index (χ0n) is 17.7. The second-order valence-electron chi connectivity index (χ2n) is 7.80. The molecule has 0 N–H and O–H groups in total. The maximum Gasteiger partial charge on any atom is 0.197 e. The summed E-state index contributed by atoms with van der Waals surface area (Å²) in [5.74, 6) is 0.653. The molecule has 0 aliphatic carbocycles. The molecular formula is C25H42O2. The van der Waals surface area contributed by atoms with E-state index in [2.05, 4.69) is 19.1 Å². The third-order valence-corrected chi connectivity index (χ3v) is 5.21. The molecule has 0 unspecified atom stereocenters. The Hall–Kier alpha value is -1.31. The van der Waals surface area contributed by atoms with Crippen LogP contribution in [0.25, 0.3) is 0 Å². The van der Waals surface area contributed by atoms with Crippen LogP contribution >= 0.6 is 0 Å². The Morgan fingerprint density at radius 3 is 1.81 bits per heavy atom. The number of ketones is 1. The highest BCUT2D eigenvalue weighted by atomic mass is 16.3. The Kier molecular flexibility index (Phi) is 15.9. The number of unbranched alkanes of at least 4 members (excludes halogenated alkanes) is 14. The average Bonchev–Trinajstić information content (AvgIpc) is 3.22. The molecule has 1 heterocycles. The van der Waals surface area contributed by atoms with Crippen LogP contribution in [0.1, 0.15) is 127 Å². The molecule has 1 aromatic heterocycles. The van der Waals surface area contributed by atoms with Crippen molar-refractivity contribution < 1.29 is 9.21 Å². The monoisotopic (exact) mass is 374 g/mol. The van der Waals surface area contributed by atoms with Crippen LogP contribution in [0.4, 0.5) is 0 Å². The molecule has 0 atom stereocenters. The van der Waals surface area contributed by atoms with Gasteiger partial charge in [0.25, 0.3) is 0 Å². The smallest absolute Gasteiger partial charge is 0.197 e. The minimum Gasteiger partial charge on any atom is -0.461 e. The van der Waals surface area contributed by atoms with E-state index in [1.165, 1.54) is 89.9 Å². The molecule has 0 amide bonds. The number of rotatable bonds is 19. The Labute approximate surface area is 167 Å². The Bertz CT molecular complexity index is 459. The SMILES string of the molecule is CCCCCCCC/C=C/CCCCCCCCCCC(=O)c1ccco1. The van der Waals surface area contributed by atoms with Crippen LogP contribution in [0.5, 0.6) is 0 Å². The van der Waals surface area contributed by atoms with Crippen molar-refractivity contribution in [1.82, 2.24) is 0 Å². The zero-order chi connectivity index (χ0) is 19.4. The molecule has 0 aromatic carbocycles. The molecule has 2 heteroatoms. The second-order valence-corrected chi connectivity index (χ2v) is 7.80. The predicted octanol–water partition coefficient (Wildman–Crippen LogP) is 8.67. The lowest BCUT2D eigenvalue weighted by Crippen LogP contribution is -1.96. The highest BCUT2D eigenvalue weighted by molar-refractivity contribution is 5.93. The molecule has 0 saturated heterocycles. The number of hydrogen-bond acceptors (Lipinski definition) is 2. The van der Waals surface area contributed by atoms with Gasteiger partial charge in [0.1, 0.15) is 0 Å². The van der Waals surface area contributed by atoms with Crippen molar-refractivity contribution in [3.8, 4) is 0 Å². The van der Waals surface area contributed by atoms with E-state index in [4.69, 9.17) is 4.42 Å². The molecule has 1 rings (SSSR count). The van der Waals surface area contributed by atoms with Crippen molar-refractivity contribution in [1.29, 1.82) is 0 Å². The van der Waals surface area contributed by atoms with Gasteiger partial charge >= 0.3 is 0 Å². The van der Waals surface area contributed by atoms with E-state index in [9.17, 15) is 4.79 Å². The molecule has 0 fully saturated rings. The molecule has 0 aliphatic heterocycles. The summed E-state index contributed by atoms with van der Waals surface area (Å²) in [6.45, 7) is 2.28. The van der Waals surface area contributed by atoms with E-state index in [-0.39, 0.29) is 5.78 Å². The highest BCUT2D eigenvalue weighted by Gasteiger charge is 2.07. The van der Waals surface area contributed by atoms with Crippen molar-refractivity contribution >= 4 is 5.78 Å². The number of allylic oxidation sites excluding steroid dienone is 2. The fourth-order valence-corrected chi connectivity index (χ4v) is 3.45. The van der Waals surface area contributed by atoms with E-state index < -0.39 is 0 Å². The molecular weight excluding hydrogens is 332 g/mol. The van der Waals surface area contributed by atoms with Crippen LogP contribution in [0.15, 0.2) is 35.0 Å². The van der Waals surface area contributed by atoms with E-state index in [1.807, 2.05) is 0 Å². The maximum atomic E-state index is 11.8. The Morgan fingerprint density at radius 1 is 0.778 bits per heavy atom. The van der Waals surface area contributed by atoms with Gasteiger partial charge in [-0.1, -0.05) is 89.7 Å². The van der Waals surface area contributed by atoms with Crippen LogP contribution in [0.2, 0.25) is 0 Å². The summed E-state index contributed by atoms with van der Waals surface area (Å²) in [4.78, 5) is 11.8. The summed E-state index contributed by atoms with van der Waals surface area (Å²) in [5.41, 5.74) is 0. The molecule has 154 valence electrons. The first-order valence-electron chi connectivity index (χ1n) is 11.6. The van der Waals surface area contributed by atoms with Gasteiger partial charge in [-0.25, -0.2) is 0 Å². The third-order valence-electron chi connectivity index (χ3n) is 5.21. The van der Waals surface area contributed by atoms with E-state index in [0.717, 1.165) is 12.8 Å². The normalized spacial score (nSPS) is 11.4. The zero-order valence-corrected chi connectivity index (χ0v) is 17.7. The van der Waals surface area contributed by atoms with Crippen molar-refractivity contribution in [3.63, 3.8) is 0 Å². The van der Waals surface area contributed by atoms with Crippen LogP contribution in [-0.2, 0) is 0 Å². The van der Waals surface area contributed by atoms with Crippen molar-refractivity contribution in [2.24, 2.45) is 0 Å². The molecule has 0 bridgehead atoms. The highest BCUT2D eigenvalue weighted by Crippen LogP contribution is 2.13. The van der Waals surface area contributed by atoms with E-state index >= 15 is 0 Å². The van der Waals surface area contributed by atoms with Gasteiger partial charge in [-0.05, 0) is 44.2 Å². The molecule has 0 saturated carbocycles. The fourth-order valence-electron chi connectivity index (χ4n) is 3.45. The van der Waals surface area contributed by atoms with Gasteiger partial charge in [0.15, 0.2) is 11.5 Å². The van der Waals surface area contributed by atoms with Gasteiger partial charge < -0.3 is 4.42 Å². The van der Waals surface area contributed by atoms with Crippen molar-refractivity contribution in [2.75, 3.05) is 0 Å². The van der Waals surface area contributed by atoms with Crippen LogP contribution in [0.3, 0.4) is 0 Å². The summed E-state index contributed by atoms with van der Waals surface area (Å²) >= 11 is 0. The number of carbonyl (C=O) groups is 1. The summed E-state index contributed by atoms with van der Waals surface area (Å²) in [6, 6.07) is 3.53. The molecule has 1 aromatic rings. The van der Waals surface area contributed by atoms with E-state index in [0.29, 0.717) is 12.2 Å². The lowest BCUT2D eigenvalue weighted by Gasteiger charge is -2.01. The lowest BCUT2D eigenvalue weighted by molar-refractivity contribution is 0.0952. The van der Waals surface area contributed by atoms with Gasteiger partial charge in [0.05, 0.1) is 6.26 Å². The standard InChI is InChI=1S/C25H42O2/c1-2-3-4-5-6-7-8-9-10-11-12-13-14-15-16-17-18-19-21-24(26)25-22-20-23-27-25/h9-10,20,22-23H,2-8,11-19,21H2,1H3/b10-9+. The van der Waals surface area contributed by atoms with Crippen LogP contribution < -0.4 is 0 Å². The largest absolute Gasteiger partial charge is 0.461 e. The third kappa shape index (κ3) is 14.4. The number of carbonyl (C=O) groups excluding carboxylic acids is 1. The van der Waals surface area contributed by atoms with Crippen LogP contribution in [0, 0.1) is 0 Å². The quantitative estimate of drug-likeness (QED) is 0.138. The molecule has 2 nitrogen and oxygen atoms in total. The summed E-state index contributed by atoms with van der Waals surface area (Å²) in [5, 5.41) is 0. The second kappa shape index (κ2) is 18.1. The summed E-state index contributed by atoms with van der Waals surface area (Å²) in [6.07, 6.45) is 28.0. The van der Waals surface area contributed by atoms with Gasteiger partial charge in [0.2, 0.25) is 0 Å². The average molecular weight is 375 g/mol. The van der Waals surface area contributed by atoms with Gasteiger partial charge in [-0.15, -0.1) is 0 Å². The van der Waals surface area contributed by atoms with Gasteiger partial charge in [-0.3, -0.25) is 4.79 Å². The Morgan fingerprint density at radius 2 is 1.30 bits per heavy atom. The van der Waals surface area contributed by atoms with Crippen molar-refractivity contribution in [3.05, 3.63) is 36.3 Å². The summed E-state index contributed by atoms with van der Waals surface area (Å²) < 4.78 is 5.13. The molecule has 27 heavy (non-hydrogen) atoms. The minimum atomic E-state index is 0.143. The van der Waals surface area contributed by atoms with Crippen LogP contribution in [-0.4, -0.2) is 5.78 Å². The summed E-state index contributed by atoms with van der Waals surface area (Å²) in [7, 11) is 0. The molecule has 0 radical (unpaired) electrons. The lowest BCUT2D eigenvalue weighted by atomic mass is 10.0. The Balaban J connectivity index is 1.75. The first-order chi connectivity index (χ1) is 13.3. The maximum absolute atomic E-state index is 11.8. The number of furan rings is 1. The van der Waals surface area contributed by atoms with E-state index in [1.54, 1.807) is 18.4 Å². The van der Waals surface area contributed by atoms with Crippen molar-refractivity contribution in [2.45, 2.75) is 116 Å². The number of Topliss-reactive ketones (excluding diaryl/α,β-unsaturated/α-hetero) is 1. The molecule has 0 spiro atoms. The molecule has 0 aliphatic rings. The topological polar surface area (TPSA) is 30.2 Å². The van der Waals surface area contributed by atoms with Gasteiger partial charge in [0, 0.05) is 6.42 Å². The minimum absolute atomic E-state index is 0.143. The van der Waals surface area contributed by atoms with Gasteiger partial charge in [-0.2, -0.15) is 0 Å². The predicted molar refractivity (Wildman–Crippen MR) is 116 cm³/mol. The number of hydrogen-bond donors (Lipinski definition) is 0. The fraction of sp³-hybridized carbons (Fsp3) is 0.720. The first kappa shape index (κ1) is 23.7. The first-order valence-corrected chi connectivity index (χ1v) is 11.6.